The van der Waals surface area contributed by atoms with Crippen molar-refractivity contribution in [1.82, 2.24) is 20.2 Å². The largest absolute Gasteiger partial charge is 0.334 e. The maximum absolute atomic E-state index is 14.4. The first kappa shape index (κ1) is 20.3. The molecule has 0 atom stereocenters. The molecule has 0 saturated carbocycles. The highest BCUT2D eigenvalue weighted by atomic mass is 32.2. The van der Waals surface area contributed by atoms with Crippen LogP contribution in [-0.2, 0) is 4.79 Å². The molecular formula is C20H17FN4O3S. The zero-order valence-corrected chi connectivity index (χ0v) is 16.0. The number of benzene rings is 2. The van der Waals surface area contributed by atoms with Crippen molar-refractivity contribution in [2.75, 3.05) is 12.3 Å². The molecule has 0 aliphatic rings. The minimum absolute atomic E-state index is 0.0300. The summed E-state index contributed by atoms with van der Waals surface area (Å²) in [6.45, 7) is 3.68. The van der Waals surface area contributed by atoms with Crippen LogP contribution in [0.1, 0.15) is 0 Å². The number of thioether (sulfide) groups is 1. The Labute approximate surface area is 169 Å². The number of para-hydroxylation sites is 2. The second-order valence-corrected chi connectivity index (χ2v) is 6.78. The first-order valence-electron chi connectivity index (χ1n) is 8.59. The number of carbonyl (C=O) groups excluding carboxylic acids is 2. The van der Waals surface area contributed by atoms with E-state index in [0.717, 1.165) is 16.3 Å². The zero-order valence-electron chi connectivity index (χ0n) is 15.2. The Balaban J connectivity index is 1.94. The van der Waals surface area contributed by atoms with E-state index in [1.807, 2.05) is 0 Å². The first-order valence-corrected chi connectivity index (χ1v) is 9.58. The standard InChI is InChI=1S/C20H17FN4O3S/c1-2-11-22-19(28)24-17(26)12-29-20-23-15-9-5-3-7-13(15)18(27)25(20)16-10-6-4-8-14(16)21/h2-10H,1,11-12H2,(H2,22,24,26,28). The molecule has 3 rings (SSSR count). The number of nitrogens with one attached hydrogen (secondary N) is 2. The molecule has 2 aromatic carbocycles. The molecule has 29 heavy (non-hydrogen) atoms. The lowest BCUT2D eigenvalue weighted by Crippen LogP contribution is -2.40. The van der Waals surface area contributed by atoms with Gasteiger partial charge in [-0.25, -0.2) is 14.2 Å². The highest BCUT2D eigenvalue weighted by Crippen LogP contribution is 2.22. The highest BCUT2D eigenvalue weighted by molar-refractivity contribution is 7.99. The van der Waals surface area contributed by atoms with Gasteiger partial charge >= 0.3 is 6.03 Å². The zero-order chi connectivity index (χ0) is 20.8. The molecule has 2 N–H and O–H groups in total. The summed E-state index contributed by atoms with van der Waals surface area (Å²) in [5.41, 5.74) is 0.00597. The van der Waals surface area contributed by atoms with Gasteiger partial charge in [0.2, 0.25) is 5.91 Å². The monoisotopic (exact) mass is 412 g/mol. The van der Waals surface area contributed by atoms with Crippen LogP contribution < -0.4 is 16.2 Å². The van der Waals surface area contributed by atoms with Crippen molar-refractivity contribution in [3.8, 4) is 5.69 Å². The van der Waals surface area contributed by atoms with Crippen molar-refractivity contribution in [2.45, 2.75) is 5.16 Å². The second-order valence-electron chi connectivity index (χ2n) is 5.84. The molecule has 3 aromatic rings. The smallest absolute Gasteiger partial charge is 0.321 e. The van der Waals surface area contributed by atoms with Crippen LogP contribution >= 0.6 is 11.8 Å². The number of rotatable bonds is 6. The number of hydrogen-bond acceptors (Lipinski definition) is 5. The summed E-state index contributed by atoms with van der Waals surface area (Å²) in [5.74, 6) is -1.37. The molecule has 0 aliphatic heterocycles. The van der Waals surface area contributed by atoms with E-state index >= 15 is 0 Å². The molecule has 3 amide bonds. The van der Waals surface area contributed by atoms with Gasteiger partial charge in [-0.05, 0) is 24.3 Å². The Kier molecular flexibility index (Phi) is 6.40. The average Bonchev–Trinajstić information content (AvgIpc) is 2.72. The van der Waals surface area contributed by atoms with Crippen LogP contribution in [0, 0.1) is 5.82 Å². The van der Waals surface area contributed by atoms with Crippen molar-refractivity contribution >= 4 is 34.6 Å². The number of imide groups is 1. The van der Waals surface area contributed by atoms with Gasteiger partial charge in [0.15, 0.2) is 5.16 Å². The summed E-state index contributed by atoms with van der Waals surface area (Å²) >= 11 is 0.927. The summed E-state index contributed by atoms with van der Waals surface area (Å²) in [4.78, 5) is 41.0. The second kappa shape index (κ2) is 9.16. The molecule has 0 saturated heterocycles. The van der Waals surface area contributed by atoms with Gasteiger partial charge in [0, 0.05) is 6.54 Å². The number of halogens is 1. The van der Waals surface area contributed by atoms with E-state index in [-0.39, 0.29) is 23.1 Å². The molecule has 9 heteroatoms. The Hall–Kier alpha value is -3.46. The molecular weight excluding hydrogens is 395 g/mol. The molecule has 0 radical (unpaired) electrons. The quantitative estimate of drug-likeness (QED) is 0.369. The molecule has 1 heterocycles. The SMILES string of the molecule is C=CCNC(=O)NC(=O)CSc1nc2ccccc2c(=O)n1-c1ccccc1F. The number of fused-ring (bicyclic) bond motifs is 1. The molecule has 7 nitrogen and oxygen atoms in total. The van der Waals surface area contributed by atoms with Crippen LogP contribution in [0.15, 0.2) is 71.1 Å². The number of amides is 3. The van der Waals surface area contributed by atoms with Crippen molar-refractivity contribution < 1.29 is 14.0 Å². The Morgan fingerprint density at radius 2 is 1.90 bits per heavy atom. The minimum Gasteiger partial charge on any atom is -0.334 e. The van der Waals surface area contributed by atoms with Crippen LogP contribution in [0.25, 0.3) is 16.6 Å². The number of aromatic nitrogens is 2. The molecule has 1 aromatic heterocycles. The van der Waals surface area contributed by atoms with Gasteiger partial charge < -0.3 is 5.32 Å². The summed E-state index contributed by atoms with van der Waals surface area (Å²) in [5, 5.41) is 5.05. The predicted octanol–water partition coefficient (Wildman–Crippen LogP) is 2.63. The number of nitrogens with zero attached hydrogens (tertiary/aromatic N) is 2. The van der Waals surface area contributed by atoms with Crippen LogP contribution in [0.3, 0.4) is 0 Å². The van der Waals surface area contributed by atoms with Gasteiger partial charge in [-0.2, -0.15) is 0 Å². The van der Waals surface area contributed by atoms with Crippen molar-refractivity contribution in [3.05, 3.63) is 77.4 Å². The lowest BCUT2D eigenvalue weighted by Gasteiger charge is -2.13. The Morgan fingerprint density at radius 3 is 2.66 bits per heavy atom. The van der Waals surface area contributed by atoms with Gasteiger partial charge in [0.05, 0.1) is 22.3 Å². The number of hydrogen-bond donors (Lipinski definition) is 2. The molecule has 0 bridgehead atoms. The third-order valence-corrected chi connectivity index (χ3v) is 4.77. The van der Waals surface area contributed by atoms with E-state index in [4.69, 9.17) is 0 Å². The van der Waals surface area contributed by atoms with Crippen LogP contribution in [0.4, 0.5) is 9.18 Å². The molecule has 148 valence electrons. The summed E-state index contributed by atoms with van der Waals surface area (Å²) in [6, 6.07) is 11.8. The van der Waals surface area contributed by atoms with Gasteiger partial charge in [0.1, 0.15) is 5.82 Å². The van der Waals surface area contributed by atoms with Crippen molar-refractivity contribution in [3.63, 3.8) is 0 Å². The van der Waals surface area contributed by atoms with E-state index in [9.17, 15) is 18.8 Å². The molecule has 0 unspecified atom stereocenters. The van der Waals surface area contributed by atoms with Gasteiger partial charge in [-0.15, -0.1) is 6.58 Å². The van der Waals surface area contributed by atoms with Crippen LogP contribution in [0.2, 0.25) is 0 Å². The van der Waals surface area contributed by atoms with Gasteiger partial charge in [-0.3, -0.25) is 19.5 Å². The summed E-state index contributed by atoms with van der Waals surface area (Å²) < 4.78 is 15.5. The fraction of sp³-hybridized carbons (Fsp3) is 0.100. The van der Waals surface area contributed by atoms with Crippen LogP contribution in [-0.4, -0.2) is 33.8 Å². The lowest BCUT2D eigenvalue weighted by molar-refractivity contribution is -0.117. The number of urea groups is 1. The minimum atomic E-state index is -0.659. The van der Waals surface area contributed by atoms with Crippen LogP contribution in [0.5, 0.6) is 0 Å². The van der Waals surface area contributed by atoms with E-state index in [1.165, 1.54) is 24.3 Å². The molecule has 0 aliphatic carbocycles. The lowest BCUT2D eigenvalue weighted by atomic mass is 10.2. The Bertz CT molecular complexity index is 1150. The maximum atomic E-state index is 14.4. The fourth-order valence-electron chi connectivity index (χ4n) is 2.56. The average molecular weight is 412 g/mol. The maximum Gasteiger partial charge on any atom is 0.321 e. The normalized spacial score (nSPS) is 10.5. The fourth-order valence-corrected chi connectivity index (χ4v) is 3.36. The summed E-state index contributed by atoms with van der Waals surface area (Å²) in [6.07, 6.45) is 1.48. The third kappa shape index (κ3) is 4.69. The van der Waals surface area contributed by atoms with E-state index < -0.39 is 23.3 Å². The van der Waals surface area contributed by atoms with E-state index in [2.05, 4.69) is 22.2 Å². The predicted molar refractivity (Wildman–Crippen MR) is 110 cm³/mol. The van der Waals surface area contributed by atoms with Gasteiger partial charge in [-0.1, -0.05) is 42.1 Å². The molecule has 0 fully saturated rings. The van der Waals surface area contributed by atoms with Gasteiger partial charge in [0.25, 0.3) is 5.56 Å². The topological polar surface area (TPSA) is 93.1 Å². The first-order chi connectivity index (χ1) is 14.0. The van der Waals surface area contributed by atoms with Crippen molar-refractivity contribution in [2.24, 2.45) is 0 Å². The summed E-state index contributed by atoms with van der Waals surface area (Å²) in [7, 11) is 0. The molecule has 0 spiro atoms. The van der Waals surface area contributed by atoms with E-state index in [1.54, 1.807) is 30.3 Å². The van der Waals surface area contributed by atoms with Crippen molar-refractivity contribution in [1.29, 1.82) is 0 Å². The number of carbonyl (C=O) groups is 2. The third-order valence-electron chi connectivity index (χ3n) is 3.83. The Morgan fingerprint density at radius 1 is 1.17 bits per heavy atom. The highest BCUT2D eigenvalue weighted by Gasteiger charge is 2.17. The van der Waals surface area contributed by atoms with E-state index in [0.29, 0.717) is 10.9 Å².